The predicted molar refractivity (Wildman–Crippen MR) is 261 cm³/mol. The molecule has 0 rings (SSSR count). The number of esters is 2. The number of aliphatic hydroxyl groups excluding tert-OH is 1. The molecule has 0 amide bonds. The van der Waals surface area contributed by atoms with E-state index in [1.807, 2.05) is 0 Å². The van der Waals surface area contributed by atoms with Crippen LogP contribution in [-0.2, 0) is 19.1 Å². The van der Waals surface area contributed by atoms with Crippen LogP contribution in [0.25, 0.3) is 0 Å². The van der Waals surface area contributed by atoms with Gasteiger partial charge in [0.1, 0.15) is 6.61 Å². The zero-order chi connectivity index (χ0) is 43.5. The van der Waals surface area contributed by atoms with E-state index in [0.717, 1.165) is 32.1 Å². The molecule has 0 bridgehead atoms. The van der Waals surface area contributed by atoms with Crippen LogP contribution in [0.3, 0.4) is 0 Å². The highest BCUT2D eigenvalue weighted by atomic mass is 16.6. The lowest BCUT2D eigenvalue weighted by Crippen LogP contribution is -2.28. The Morgan fingerprint density at radius 3 is 0.900 bits per heavy atom. The van der Waals surface area contributed by atoms with Gasteiger partial charge in [0.25, 0.3) is 0 Å². The minimum atomic E-state index is -0.765. The molecule has 0 aliphatic heterocycles. The minimum absolute atomic E-state index is 0.0575. The van der Waals surface area contributed by atoms with Crippen molar-refractivity contribution < 1.29 is 24.2 Å². The third-order valence-electron chi connectivity index (χ3n) is 12.6. The fourth-order valence-corrected chi connectivity index (χ4v) is 8.44. The summed E-state index contributed by atoms with van der Waals surface area (Å²) in [5, 5.41) is 9.62. The van der Waals surface area contributed by atoms with Gasteiger partial charge in [-0.2, -0.15) is 0 Å². The zero-order valence-electron chi connectivity index (χ0n) is 40.8. The van der Waals surface area contributed by atoms with Gasteiger partial charge in [0.15, 0.2) is 6.10 Å². The van der Waals surface area contributed by atoms with Crippen LogP contribution in [0.2, 0.25) is 0 Å². The van der Waals surface area contributed by atoms with Crippen molar-refractivity contribution in [2.75, 3.05) is 13.2 Å². The predicted octanol–water partition coefficient (Wildman–Crippen LogP) is 18.0. The molecule has 356 valence electrons. The van der Waals surface area contributed by atoms with Gasteiger partial charge in [-0.3, -0.25) is 9.59 Å². The highest BCUT2D eigenvalue weighted by Crippen LogP contribution is 2.17. The molecule has 0 aliphatic carbocycles. The van der Waals surface area contributed by atoms with Crippen LogP contribution in [0.4, 0.5) is 0 Å². The van der Waals surface area contributed by atoms with E-state index in [0.29, 0.717) is 12.8 Å². The Balaban J connectivity index is 3.39. The van der Waals surface area contributed by atoms with Crippen molar-refractivity contribution in [1.82, 2.24) is 0 Å². The van der Waals surface area contributed by atoms with Crippen LogP contribution in [0.5, 0.6) is 0 Å². The Morgan fingerprint density at radius 1 is 0.367 bits per heavy atom. The number of ether oxygens (including phenoxy) is 2. The molecule has 0 aromatic carbocycles. The van der Waals surface area contributed by atoms with Crippen molar-refractivity contribution in [3.8, 4) is 0 Å². The molecule has 0 heterocycles. The topological polar surface area (TPSA) is 72.8 Å². The summed E-state index contributed by atoms with van der Waals surface area (Å²) in [5.41, 5.74) is 0. The molecule has 1 atom stereocenters. The first kappa shape index (κ1) is 58.6. The number of allylic oxidation sites excluding steroid dienone is 2. The summed E-state index contributed by atoms with van der Waals surface area (Å²) >= 11 is 0. The standard InChI is InChI=1S/C55H106O5/c1-3-5-7-9-11-13-15-17-19-20-21-22-23-24-25-26-27-28-29-30-31-32-33-34-36-38-40-42-44-46-48-50-55(58)60-53(51-56)52-59-54(57)49-47-45-43-41-39-37-35-18-16-14-12-10-8-6-4-2/h20-21,53,56H,3-19,22-52H2,1-2H3/b21-20-. The Labute approximate surface area is 375 Å². The van der Waals surface area contributed by atoms with E-state index in [-0.39, 0.29) is 25.2 Å². The monoisotopic (exact) mass is 847 g/mol. The van der Waals surface area contributed by atoms with Gasteiger partial charge in [0.2, 0.25) is 0 Å². The van der Waals surface area contributed by atoms with E-state index in [1.165, 1.54) is 250 Å². The third kappa shape index (κ3) is 49.3. The second kappa shape index (κ2) is 52.0. The van der Waals surface area contributed by atoms with Crippen molar-refractivity contribution >= 4 is 11.9 Å². The van der Waals surface area contributed by atoms with Gasteiger partial charge in [0.05, 0.1) is 6.61 Å². The lowest BCUT2D eigenvalue weighted by Gasteiger charge is -2.15. The van der Waals surface area contributed by atoms with Crippen LogP contribution in [0, 0.1) is 0 Å². The maximum atomic E-state index is 12.3. The molecule has 1 unspecified atom stereocenters. The highest BCUT2D eigenvalue weighted by molar-refractivity contribution is 5.70. The van der Waals surface area contributed by atoms with Gasteiger partial charge in [0, 0.05) is 12.8 Å². The fourth-order valence-electron chi connectivity index (χ4n) is 8.44. The molecule has 0 fully saturated rings. The van der Waals surface area contributed by atoms with Gasteiger partial charge in [-0.05, 0) is 38.5 Å². The largest absolute Gasteiger partial charge is 0.462 e. The molecule has 0 aromatic heterocycles. The van der Waals surface area contributed by atoms with E-state index in [9.17, 15) is 14.7 Å². The maximum Gasteiger partial charge on any atom is 0.306 e. The van der Waals surface area contributed by atoms with E-state index in [2.05, 4.69) is 26.0 Å². The summed E-state index contributed by atoms with van der Waals surface area (Å²) in [7, 11) is 0. The Morgan fingerprint density at radius 2 is 0.617 bits per heavy atom. The first-order chi connectivity index (χ1) is 29.6. The molecule has 5 nitrogen and oxygen atoms in total. The highest BCUT2D eigenvalue weighted by Gasteiger charge is 2.16. The van der Waals surface area contributed by atoms with Gasteiger partial charge < -0.3 is 14.6 Å². The molecule has 0 aliphatic rings. The normalized spacial score (nSPS) is 12.1. The molecular weight excluding hydrogens is 741 g/mol. The summed E-state index contributed by atoms with van der Waals surface area (Å²) in [5.74, 6) is -0.569. The summed E-state index contributed by atoms with van der Waals surface area (Å²) < 4.78 is 10.7. The molecule has 5 heteroatoms. The van der Waals surface area contributed by atoms with Crippen LogP contribution < -0.4 is 0 Å². The number of hydrogen-bond acceptors (Lipinski definition) is 5. The Kier molecular flexibility index (Phi) is 50.8. The summed E-state index contributed by atoms with van der Waals surface area (Å²) in [6.45, 7) is 4.19. The minimum Gasteiger partial charge on any atom is -0.462 e. The van der Waals surface area contributed by atoms with E-state index in [1.54, 1.807) is 0 Å². The van der Waals surface area contributed by atoms with Crippen LogP contribution >= 0.6 is 0 Å². The van der Waals surface area contributed by atoms with Crippen molar-refractivity contribution in [3.63, 3.8) is 0 Å². The zero-order valence-corrected chi connectivity index (χ0v) is 40.8. The van der Waals surface area contributed by atoms with Gasteiger partial charge >= 0.3 is 11.9 Å². The smallest absolute Gasteiger partial charge is 0.306 e. The quantitative estimate of drug-likeness (QED) is 0.0375. The summed E-state index contributed by atoms with van der Waals surface area (Å²) in [6, 6.07) is 0. The Hall–Kier alpha value is -1.36. The number of carbonyl (C=O) groups excluding carboxylic acids is 2. The number of hydrogen-bond donors (Lipinski definition) is 1. The van der Waals surface area contributed by atoms with Crippen molar-refractivity contribution in [2.45, 2.75) is 315 Å². The maximum absolute atomic E-state index is 12.3. The molecule has 60 heavy (non-hydrogen) atoms. The molecule has 0 saturated heterocycles. The number of carbonyl (C=O) groups is 2. The Bertz CT molecular complexity index is 871. The first-order valence-electron chi connectivity index (χ1n) is 27.2. The summed E-state index contributed by atoms with van der Waals surface area (Å²) in [4.78, 5) is 24.4. The molecule has 0 radical (unpaired) electrons. The van der Waals surface area contributed by atoms with Crippen molar-refractivity contribution in [1.29, 1.82) is 0 Å². The van der Waals surface area contributed by atoms with Crippen molar-refractivity contribution in [3.05, 3.63) is 12.2 Å². The van der Waals surface area contributed by atoms with Gasteiger partial charge in [-0.25, -0.2) is 0 Å². The molecular formula is C55H106O5. The van der Waals surface area contributed by atoms with Crippen LogP contribution in [-0.4, -0.2) is 36.4 Å². The van der Waals surface area contributed by atoms with E-state index < -0.39 is 6.10 Å². The number of aliphatic hydroxyl groups is 1. The molecule has 0 aromatic rings. The molecule has 0 saturated carbocycles. The van der Waals surface area contributed by atoms with Crippen LogP contribution in [0.15, 0.2) is 12.2 Å². The average Bonchev–Trinajstić information content (AvgIpc) is 3.25. The average molecular weight is 847 g/mol. The lowest BCUT2D eigenvalue weighted by molar-refractivity contribution is -0.161. The first-order valence-corrected chi connectivity index (χ1v) is 27.2. The lowest BCUT2D eigenvalue weighted by atomic mass is 10.0. The summed E-state index contributed by atoms with van der Waals surface area (Å²) in [6.07, 6.45) is 63.3. The second-order valence-electron chi connectivity index (χ2n) is 18.7. The molecule has 0 spiro atoms. The van der Waals surface area contributed by atoms with Crippen LogP contribution in [0.1, 0.15) is 309 Å². The fraction of sp³-hybridized carbons (Fsp3) is 0.927. The van der Waals surface area contributed by atoms with E-state index in [4.69, 9.17) is 9.47 Å². The van der Waals surface area contributed by atoms with Crippen molar-refractivity contribution in [2.24, 2.45) is 0 Å². The van der Waals surface area contributed by atoms with Gasteiger partial charge in [-0.1, -0.05) is 270 Å². The molecule has 1 N–H and O–H groups in total. The van der Waals surface area contributed by atoms with E-state index >= 15 is 0 Å². The number of rotatable bonds is 51. The second-order valence-corrected chi connectivity index (χ2v) is 18.7. The van der Waals surface area contributed by atoms with Gasteiger partial charge in [-0.15, -0.1) is 0 Å². The number of unbranched alkanes of at least 4 members (excludes halogenated alkanes) is 41. The third-order valence-corrected chi connectivity index (χ3v) is 12.6. The SMILES string of the molecule is CCCCCCCCCC/C=C\CCCCCCCCCCCCCCCCCCCCCC(=O)OC(CO)COC(=O)CCCCCCCCCCCCCCCCC.